The molecule has 8 N–H and O–H groups in total. The minimum absolute atomic E-state index is 0. The molecule has 19 heteroatoms. The third-order valence-electron chi connectivity index (χ3n) is 9.89. The molecule has 0 aromatic heterocycles. The standard InChI is InChI=1S/C50H51N9O9.Li/c1-32-20-23-38(26-41(32)57-44(60)51-35-14-8-5-9-15-35)54-47(63)66-29-50(4,30-67-48(64)55-39-24-21-33(2)42(27-39)58-45(61)52-36-16-10-6-11-17-36)31-68-49(65)56-40-25-22-34(3)43(28-40)59-46(62)53-37-18-12-7-13-19-37;/h5-28H,29-31H2,1-4H3,(H9,51,52,53,54,55,56,57,58,59,60,61,62,63,64,65);/q;+1/p-1. The molecule has 0 unspecified atom stereocenters. The molecule has 0 aliphatic carbocycles. The molecule has 0 atom stereocenters. The van der Waals surface area contributed by atoms with Gasteiger partial charge in [0.2, 0.25) is 0 Å². The van der Waals surface area contributed by atoms with Crippen molar-refractivity contribution in [3.05, 3.63) is 168 Å². The summed E-state index contributed by atoms with van der Waals surface area (Å²) in [5.41, 5.74) is 4.58. The maximum atomic E-state index is 13.2. The van der Waals surface area contributed by atoms with Crippen LogP contribution in [0.4, 0.5) is 80.0 Å². The molecule has 0 fully saturated rings. The van der Waals surface area contributed by atoms with Gasteiger partial charge in [-0.2, -0.15) is 0 Å². The van der Waals surface area contributed by atoms with E-state index in [1.165, 1.54) is 6.07 Å². The van der Waals surface area contributed by atoms with Gasteiger partial charge in [-0.15, -0.1) is 0 Å². The number of anilines is 8. The number of nitrogens with one attached hydrogen (secondary N) is 8. The molecule has 6 aromatic rings. The monoisotopic (exact) mass is 927 g/mol. The summed E-state index contributed by atoms with van der Waals surface area (Å²) in [6.45, 7) is 5.69. The normalized spacial score (nSPS) is 10.4. The minimum atomic E-state index is -1.32. The number of carbonyl (C=O) groups excluding carboxylic acids is 6. The third kappa shape index (κ3) is 16.7. The molecule has 0 heterocycles. The summed E-state index contributed by atoms with van der Waals surface area (Å²) in [6, 6.07) is 39.5. The number of nitrogens with zero attached hydrogens (tertiary/aromatic N) is 1. The number of amides is 9. The Hall–Kier alpha value is -8.46. The predicted octanol–water partition coefficient (Wildman–Crippen LogP) is 9.19. The van der Waals surface area contributed by atoms with Gasteiger partial charge in [0.05, 0.1) is 5.41 Å². The van der Waals surface area contributed by atoms with Crippen molar-refractivity contribution in [2.45, 2.75) is 27.7 Å². The van der Waals surface area contributed by atoms with E-state index < -0.39 is 61.6 Å². The van der Waals surface area contributed by atoms with Gasteiger partial charge < -0.3 is 46.1 Å². The Bertz CT molecular complexity index is 2450. The molecular weight excluding hydrogens is 878 g/mol. The summed E-state index contributed by atoms with van der Waals surface area (Å²) in [4.78, 5) is 77.7. The fraction of sp³-hybridized carbons (Fsp3) is 0.160. The van der Waals surface area contributed by atoms with Crippen LogP contribution in [0.5, 0.6) is 0 Å². The van der Waals surface area contributed by atoms with Crippen LogP contribution in [0.15, 0.2) is 146 Å². The van der Waals surface area contributed by atoms with Crippen LogP contribution < -0.4 is 61.4 Å². The Balaban J connectivity index is 0.00000888. The summed E-state index contributed by atoms with van der Waals surface area (Å²) >= 11 is 0. The molecule has 0 bridgehead atoms. The molecule has 6 aromatic carbocycles. The maximum absolute atomic E-state index is 13.2. The van der Waals surface area contributed by atoms with Gasteiger partial charge in [0.15, 0.2) is 6.03 Å². The van der Waals surface area contributed by atoms with Gasteiger partial charge in [-0.3, -0.25) is 20.7 Å². The van der Waals surface area contributed by atoms with Crippen LogP contribution in [0.1, 0.15) is 23.6 Å². The quantitative estimate of drug-likeness (QED) is 0.0361. The van der Waals surface area contributed by atoms with E-state index in [9.17, 15) is 28.8 Å². The topological polar surface area (TPSA) is 240 Å². The molecule has 0 saturated heterocycles. The number of aryl methyl sites for hydroxylation is 3. The van der Waals surface area contributed by atoms with E-state index in [1.54, 1.807) is 149 Å². The molecule has 0 saturated carbocycles. The first-order valence-corrected chi connectivity index (χ1v) is 21.2. The van der Waals surface area contributed by atoms with E-state index in [4.69, 9.17) is 14.2 Å². The van der Waals surface area contributed by atoms with Gasteiger partial charge in [-0.25, -0.2) is 24.0 Å². The molecule has 18 nitrogen and oxygen atoms in total. The van der Waals surface area contributed by atoms with E-state index >= 15 is 0 Å². The molecule has 9 amide bonds. The van der Waals surface area contributed by atoms with Gasteiger partial charge in [-0.1, -0.05) is 84.9 Å². The number of ether oxygens (including phenoxy) is 3. The molecule has 6 rings (SSSR count). The molecule has 0 aliphatic heterocycles. The fourth-order valence-corrected chi connectivity index (χ4v) is 6.18. The smallest absolute Gasteiger partial charge is 0.448 e. The summed E-state index contributed by atoms with van der Waals surface area (Å²) in [6.07, 6.45) is -2.69. The van der Waals surface area contributed by atoms with Crippen molar-refractivity contribution >= 4 is 87.6 Å². The molecule has 0 spiro atoms. The second-order valence-electron chi connectivity index (χ2n) is 15.8. The predicted molar refractivity (Wildman–Crippen MR) is 263 cm³/mol. The molecule has 350 valence electrons. The minimum Gasteiger partial charge on any atom is -0.448 e. The summed E-state index contributed by atoms with van der Waals surface area (Å²) in [5, 5.41) is 25.7. The van der Waals surface area contributed by atoms with Crippen LogP contribution in [0.25, 0.3) is 5.32 Å². The zero-order valence-corrected chi connectivity index (χ0v) is 38.6. The number of urea groups is 3. The largest absolute Gasteiger partial charge is 1.00 e. The van der Waals surface area contributed by atoms with Crippen LogP contribution in [0.2, 0.25) is 0 Å². The Morgan fingerprint density at radius 1 is 0.420 bits per heavy atom. The molecule has 0 radical (unpaired) electrons. The average molecular weight is 928 g/mol. The van der Waals surface area contributed by atoms with E-state index in [0.717, 1.165) is 11.1 Å². The zero-order chi connectivity index (χ0) is 48.5. The molecule has 69 heavy (non-hydrogen) atoms. The van der Waals surface area contributed by atoms with Crippen molar-refractivity contribution in [2.24, 2.45) is 5.41 Å². The number of benzene rings is 6. The van der Waals surface area contributed by atoms with E-state index in [0.29, 0.717) is 51.1 Å². The summed E-state index contributed by atoms with van der Waals surface area (Å²) < 4.78 is 16.8. The van der Waals surface area contributed by atoms with Gasteiger partial charge in [0, 0.05) is 39.8 Å². The maximum Gasteiger partial charge on any atom is 1.00 e. The van der Waals surface area contributed by atoms with Crippen molar-refractivity contribution in [1.29, 1.82) is 0 Å². The number of hydrogen-bond acceptors (Lipinski definition) is 9. The first kappa shape index (κ1) is 51.5. The van der Waals surface area contributed by atoms with E-state index in [-0.39, 0.29) is 24.5 Å². The van der Waals surface area contributed by atoms with Gasteiger partial charge in [0.1, 0.15) is 19.8 Å². The van der Waals surface area contributed by atoms with Crippen molar-refractivity contribution < 1.29 is 61.8 Å². The third-order valence-corrected chi connectivity index (χ3v) is 9.89. The van der Waals surface area contributed by atoms with Crippen LogP contribution in [0, 0.1) is 26.2 Å². The number of carbonyl (C=O) groups is 6. The average Bonchev–Trinajstić information content (AvgIpc) is 3.31. The van der Waals surface area contributed by atoms with Crippen molar-refractivity contribution in [3.63, 3.8) is 0 Å². The number of para-hydroxylation sites is 3. The van der Waals surface area contributed by atoms with Crippen LogP contribution in [-0.4, -0.2) is 56.2 Å². The summed E-state index contributed by atoms with van der Waals surface area (Å²) in [7, 11) is 0. The van der Waals surface area contributed by atoms with Gasteiger partial charge in [0.25, 0.3) is 0 Å². The number of hydrogen-bond donors (Lipinski definition) is 8. The van der Waals surface area contributed by atoms with E-state index in [2.05, 4.69) is 47.9 Å². The Morgan fingerprint density at radius 3 is 1.16 bits per heavy atom. The fourth-order valence-electron chi connectivity index (χ4n) is 6.18. The second-order valence-corrected chi connectivity index (χ2v) is 15.8. The van der Waals surface area contributed by atoms with Crippen LogP contribution >= 0.6 is 0 Å². The van der Waals surface area contributed by atoms with Crippen molar-refractivity contribution in [2.75, 3.05) is 62.4 Å². The first-order chi connectivity index (χ1) is 32.7. The number of rotatable bonds is 15. The summed E-state index contributed by atoms with van der Waals surface area (Å²) in [5.74, 6) is 0. The second kappa shape index (κ2) is 24.9. The zero-order valence-electron chi connectivity index (χ0n) is 38.6. The Labute approximate surface area is 410 Å². The Kier molecular flexibility index (Phi) is 18.6. The molecular formula is C50H50LiN9O9. The van der Waals surface area contributed by atoms with Gasteiger partial charge >= 0.3 is 49.2 Å². The van der Waals surface area contributed by atoms with Gasteiger partial charge in [-0.05, 0) is 116 Å². The van der Waals surface area contributed by atoms with Crippen molar-refractivity contribution in [1.82, 2.24) is 0 Å². The molecule has 0 aliphatic rings. The van der Waals surface area contributed by atoms with E-state index in [1.807, 2.05) is 18.2 Å². The van der Waals surface area contributed by atoms with Crippen molar-refractivity contribution in [3.8, 4) is 0 Å². The SMILES string of the molecule is Cc1ccc(NC(=O)OCC(C)(COC(=O)Nc2ccc(C)c(NC(=O)Nc3ccccc3)c2)COC(=O)Nc2ccc(C)c(NC(=O)Nc3ccccc3)c2)cc1[N-]C(=O)Nc1ccccc1.[Li+]. The van der Waals surface area contributed by atoms with Crippen LogP contribution in [-0.2, 0) is 14.2 Å². The Morgan fingerprint density at radius 2 is 0.768 bits per heavy atom. The van der Waals surface area contributed by atoms with Crippen LogP contribution in [0.3, 0.4) is 0 Å². The first-order valence-electron chi connectivity index (χ1n) is 21.2.